The predicted molar refractivity (Wildman–Crippen MR) is 73.2 cm³/mol. The topological polar surface area (TPSA) is 38.5 Å². The number of hydrogen-bond acceptors (Lipinski definition) is 2. The summed E-state index contributed by atoms with van der Waals surface area (Å²) < 4.78 is 4.45. The fourth-order valence-corrected chi connectivity index (χ4v) is 2.20. The van der Waals surface area contributed by atoms with Crippen LogP contribution < -0.4 is 0 Å². The van der Waals surface area contributed by atoms with E-state index in [2.05, 4.69) is 10.2 Å². The van der Waals surface area contributed by atoms with Crippen LogP contribution in [0.3, 0.4) is 0 Å². The zero-order valence-corrected chi connectivity index (χ0v) is 10.7. The lowest BCUT2D eigenvalue weighted by Gasteiger charge is -2.02. The highest BCUT2D eigenvalue weighted by atomic mass is 32.1. The van der Waals surface area contributed by atoms with E-state index < -0.39 is 0 Å². The van der Waals surface area contributed by atoms with Crippen LogP contribution in [0.1, 0.15) is 0 Å². The van der Waals surface area contributed by atoms with Gasteiger partial charge in [-0.2, -0.15) is 5.10 Å². The summed E-state index contributed by atoms with van der Waals surface area (Å²) in [4.78, 5) is 0. The van der Waals surface area contributed by atoms with Crippen molar-refractivity contribution < 1.29 is 0 Å². The molecule has 2 aromatic heterocycles. The largest absolute Gasteiger partial charge is 0.291 e. The van der Waals surface area contributed by atoms with Crippen molar-refractivity contribution in [3.63, 3.8) is 0 Å². The number of rotatable bonds is 2. The molecule has 1 aromatic carbocycles. The van der Waals surface area contributed by atoms with Crippen LogP contribution >= 0.6 is 12.2 Å². The number of para-hydroxylation sites is 1. The van der Waals surface area contributed by atoms with Gasteiger partial charge in [0.25, 0.3) is 0 Å². The molecule has 1 N–H and O–H groups in total. The zero-order valence-electron chi connectivity index (χ0n) is 9.87. The average molecular weight is 256 g/mol. The van der Waals surface area contributed by atoms with Crippen molar-refractivity contribution in [2.75, 3.05) is 0 Å². The van der Waals surface area contributed by atoms with Gasteiger partial charge in [-0.15, -0.1) is 0 Å². The van der Waals surface area contributed by atoms with Crippen molar-refractivity contribution in [2.24, 2.45) is 7.05 Å². The van der Waals surface area contributed by atoms with Crippen LogP contribution in [0.2, 0.25) is 0 Å². The molecule has 0 spiro atoms. The van der Waals surface area contributed by atoms with E-state index >= 15 is 0 Å². The maximum Gasteiger partial charge on any atom is 0.128 e. The second-order valence-corrected chi connectivity index (χ2v) is 4.44. The van der Waals surface area contributed by atoms with E-state index in [4.69, 9.17) is 12.2 Å². The Labute approximate surface area is 109 Å². The average Bonchev–Trinajstić information content (AvgIpc) is 2.96. The summed E-state index contributed by atoms with van der Waals surface area (Å²) in [6, 6.07) is 13.9. The van der Waals surface area contributed by atoms with Crippen molar-refractivity contribution in [1.82, 2.24) is 19.6 Å². The molecule has 3 rings (SSSR count). The molecule has 90 valence electrons. The Kier molecular flexibility index (Phi) is 2.60. The van der Waals surface area contributed by atoms with Gasteiger partial charge in [0.05, 0.1) is 17.1 Å². The molecule has 0 saturated carbocycles. The Morgan fingerprint density at radius 3 is 2.61 bits per heavy atom. The molecule has 5 heteroatoms. The first kappa shape index (κ1) is 11.0. The fraction of sp³-hybridized carbons (Fsp3) is 0.0769. The van der Waals surface area contributed by atoms with Crippen molar-refractivity contribution in [3.8, 4) is 17.1 Å². The second-order valence-electron chi connectivity index (χ2n) is 4.02. The van der Waals surface area contributed by atoms with Gasteiger partial charge in [0.15, 0.2) is 0 Å². The number of benzene rings is 1. The number of aryl methyl sites for hydroxylation is 1. The number of hydrogen-bond donors (Lipinski definition) is 1. The third-order valence-corrected chi connectivity index (χ3v) is 3.13. The maximum absolute atomic E-state index is 5.37. The Balaban J connectivity index is 2.13. The zero-order chi connectivity index (χ0) is 12.5. The molecule has 0 aliphatic rings. The highest BCUT2D eigenvalue weighted by Gasteiger charge is 2.07. The Bertz CT molecular complexity index is 721. The molecule has 0 amide bonds. The monoisotopic (exact) mass is 256 g/mol. The van der Waals surface area contributed by atoms with Gasteiger partial charge >= 0.3 is 0 Å². The van der Waals surface area contributed by atoms with E-state index in [-0.39, 0.29) is 0 Å². The van der Waals surface area contributed by atoms with E-state index in [1.807, 2.05) is 58.9 Å². The molecule has 0 saturated heterocycles. The highest BCUT2D eigenvalue weighted by Crippen LogP contribution is 2.18. The highest BCUT2D eigenvalue weighted by molar-refractivity contribution is 7.71. The minimum absolute atomic E-state index is 0.748. The van der Waals surface area contributed by atoms with Crippen molar-refractivity contribution in [1.29, 1.82) is 0 Å². The number of aromatic nitrogens is 4. The normalized spacial score (nSPS) is 10.7. The van der Waals surface area contributed by atoms with E-state index in [0.717, 1.165) is 21.7 Å². The third kappa shape index (κ3) is 1.78. The van der Waals surface area contributed by atoms with Gasteiger partial charge in [-0.25, -0.2) is 4.68 Å². The van der Waals surface area contributed by atoms with Crippen LogP contribution in [-0.2, 0) is 7.05 Å². The summed E-state index contributed by atoms with van der Waals surface area (Å²) in [5.74, 6) is 0. The molecule has 0 atom stereocenters. The van der Waals surface area contributed by atoms with Crippen molar-refractivity contribution >= 4 is 12.2 Å². The molecule has 0 fully saturated rings. The van der Waals surface area contributed by atoms with E-state index in [1.54, 1.807) is 6.20 Å². The summed E-state index contributed by atoms with van der Waals surface area (Å²) in [6.07, 6.45) is 1.77. The lowest BCUT2D eigenvalue weighted by molar-refractivity contribution is 0.769. The summed E-state index contributed by atoms with van der Waals surface area (Å²) in [6.45, 7) is 0. The van der Waals surface area contributed by atoms with Gasteiger partial charge in [0, 0.05) is 19.3 Å². The number of H-pyrrole nitrogens is 1. The number of nitrogens with zero attached hydrogens (tertiary/aromatic N) is 3. The summed E-state index contributed by atoms with van der Waals surface area (Å²) in [5, 5.41) is 7.45. The molecule has 4 nitrogen and oxygen atoms in total. The SMILES string of the molecule is Cn1nccc1-c1cc(=S)n(-c2ccccc2)[nH]1. The minimum Gasteiger partial charge on any atom is -0.291 e. The van der Waals surface area contributed by atoms with Crippen molar-refractivity contribution in [2.45, 2.75) is 0 Å². The Hall–Kier alpha value is -2.14. The van der Waals surface area contributed by atoms with Crippen LogP contribution in [0, 0.1) is 4.64 Å². The van der Waals surface area contributed by atoms with Gasteiger partial charge in [0.2, 0.25) is 0 Å². The van der Waals surface area contributed by atoms with Gasteiger partial charge in [0.1, 0.15) is 4.64 Å². The summed E-state index contributed by atoms with van der Waals surface area (Å²) in [5.41, 5.74) is 3.00. The number of aromatic amines is 1. The molecule has 0 unspecified atom stereocenters. The molecule has 2 heterocycles. The van der Waals surface area contributed by atoms with Crippen LogP contribution in [0.25, 0.3) is 17.1 Å². The molecular weight excluding hydrogens is 244 g/mol. The second kappa shape index (κ2) is 4.27. The smallest absolute Gasteiger partial charge is 0.128 e. The summed E-state index contributed by atoms with van der Waals surface area (Å²) in [7, 11) is 1.91. The fourth-order valence-electron chi connectivity index (χ4n) is 1.93. The van der Waals surface area contributed by atoms with Crippen LogP contribution in [0.5, 0.6) is 0 Å². The van der Waals surface area contributed by atoms with Gasteiger partial charge in [-0.1, -0.05) is 30.4 Å². The van der Waals surface area contributed by atoms with Gasteiger partial charge in [-0.3, -0.25) is 9.78 Å². The lowest BCUT2D eigenvalue weighted by Crippen LogP contribution is -1.97. The first-order valence-corrected chi connectivity index (χ1v) is 6.02. The summed E-state index contributed by atoms with van der Waals surface area (Å²) >= 11 is 5.37. The minimum atomic E-state index is 0.748. The molecular formula is C13H12N4S. The first-order valence-electron chi connectivity index (χ1n) is 5.61. The van der Waals surface area contributed by atoms with Gasteiger partial charge in [-0.05, 0) is 18.2 Å². The molecule has 0 radical (unpaired) electrons. The van der Waals surface area contributed by atoms with Gasteiger partial charge < -0.3 is 0 Å². The molecule has 0 aliphatic carbocycles. The van der Waals surface area contributed by atoms with E-state index in [9.17, 15) is 0 Å². The Morgan fingerprint density at radius 2 is 1.94 bits per heavy atom. The molecule has 18 heavy (non-hydrogen) atoms. The van der Waals surface area contributed by atoms with Crippen molar-refractivity contribution in [3.05, 3.63) is 53.3 Å². The predicted octanol–water partition coefficient (Wildman–Crippen LogP) is 2.94. The standard InChI is InChI=1S/C13H12N4S/c1-16-12(7-8-14-16)11-9-13(18)17(15-11)10-5-3-2-4-6-10/h2-9,15H,1H3. The van der Waals surface area contributed by atoms with Crippen LogP contribution in [-0.4, -0.2) is 19.6 Å². The maximum atomic E-state index is 5.37. The third-order valence-electron chi connectivity index (χ3n) is 2.83. The number of nitrogens with one attached hydrogen (secondary N) is 1. The van der Waals surface area contributed by atoms with Crippen LogP contribution in [0.15, 0.2) is 48.7 Å². The van der Waals surface area contributed by atoms with Crippen LogP contribution in [0.4, 0.5) is 0 Å². The molecule has 3 aromatic rings. The molecule has 0 aliphatic heterocycles. The molecule has 0 bridgehead atoms. The quantitative estimate of drug-likeness (QED) is 0.716. The van der Waals surface area contributed by atoms with E-state index in [1.165, 1.54) is 0 Å². The Morgan fingerprint density at radius 1 is 1.17 bits per heavy atom. The lowest BCUT2D eigenvalue weighted by atomic mass is 10.3. The first-order chi connectivity index (χ1) is 8.75. The van der Waals surface area contributed by atoms with E-state index in [0.29, 0.717) is 0 Å².